The second kappa shape index (κ2) is 8.52. The third-order valence-corrected chi connectivity index (χ3v) is 6.29. The molecule has 34 heavy (non-hydrogen) atoms. The van der Waals surface area contributed by atoms with Gasteiger partial charge in [0.2, 0.25) is 5.91 Å². The summed E-state index contributed by atoms with van der Waals surface area (Å²) in [4.78, 5) is 28.6. The van der Waals surface area contributed by atoms with Crippen molar-refractivity contribution in [1.29, 1.82) is 0 Å². The van der Waals surface area contributed by atoms with Gasteiger partial charge in [0.1, 0.15) is 27.3 Å². The summed E-state index contributed by atoms with van der Waals surface area (Å²) in [7, 11) is 0. The van der Waals surface area contributed by atoms with Crippen LogP contribution in [0.15, 0.2) is 42.6 Å². The highest BCUT2D eigenvalue weighted by atomic mass is 32.1. The van der Waals surface area contributed by atoms with E-state index in [0.29, 0.717) is 17.0 Å². The summed E-state index contributed by atoms with van der Waals surface area (Å²) in [5.74, 6) is -2.09. The van der Waals surface area contributed by atoms with E-state index in [0.717, 1.165) is 18.2 Å². The Bertz CT molecular complexity index is 1410. The number of aryl methyl sites for hydroxylation is 1. The number of hydrogen-bond donors (Lipinski definition) is 2. The third-order valence-electron chi connectivity index (χ3n) is 5.19. The SMILES string of the molecule is Cc1ccnn1C(C)C(=O)Nc1c(C(N)=O)sc2nc(C(F)(F)F)cc(-c3ccc(F)cc3)c12. The predicted octanol–water partition coefficient (Wildman–Crippen LogP) is 4.92. The number of halogens is 4. The van der Waals surface area contributed by atoms with Crippen molar-refractivity contribution < 1.29 is 27.2 Å². The van der Waals surface area contributed by atoms with E-state index in [-0.39, 0.29) is 31.9 Å². The number of alkyl halides is 3. The minimum Gasteiger partial charge on any atom is -0.365 e. The van der Waals surface area contributed by atoms with Gasteiger partial charge in [-0.25, -0.2) is 9.37 Å². The molecule has 1 aromatic carbocycles. The van der Waals surface area contributed by atoms with Gasteiger partial charge >= 0.3 is 6.18 Å². The fraction of sp³-hybridized carbons (Fsp3) is 0.182. The molecule has 3 N–H and O–H groups in total. The average Bonchev–Trinajstić information content (AvgIpc) is 3.36. The molecule has 7 nitrogen and oxygen atoms in total. The molecule has 0 saturated carbocycles. The van der Waals surface area contributed by atoms with E-state index < -0.39 is 35.5 Å². The Labute approximate surface area is 194 Å². The molecule has 12 heteroatoms. The van der Waals surface area contributed by atoms with Gasteiger partial charge in [0, 0.05) is 17.3 Å². The molecule has 1 atom stereocenters. The van der Waals surface area contributed by atoms with Crippen LogP contribution in [-0.4, -0.2) is 26.6 Å². The minimum atomic E-state index is -4.78. The molecule has 3 aromatic heterocycles. The first-order chi connectivity index (χ1) is 16.0. The van der Waals surface area contributed by atoms with Crippen molar-refractivity contribution in [3.63, 3.8) is 0 Å². The predicted molar refractivity (Wildman–Crippen MR) is 119 cm³/mol. The van der Waals surface area contributed by atoms with Crippen molar-refractivity contribution in [2.75, 3.05) is 5.32 Å². The fourth-order valence-corrected chi connectivity index (χ4v) is 4.53. The van der Waals surface area contributed by atoms with Gasteiger partial charge in [-0.15, -0.1) is 11.3 Å². The maximum atomic E-state index is 13.6. The van der Waals surface area contributed by atoms with Gasteiger partial charge in [0.05, 0.1) is 5.69 Å². The van der Waals surface area contributed by atoms with E-state index in [1.807, 2.05) is 0 Å². The van der Waals surface area contributed by atoms with Gasteiger partial charge in [-0.1, -0.05) is 12.1 Å². The number of anilines is 1. The standard InChI is InChI=1S/C22H17F4N5O2S/c1-10-7-8-28-31(10)11(2)20(33)30-17-16-14(12-3-5-13(23)6-4-12)9-15(22(24,25)26)29-21(16)34-18(17)19(27)32/h3-9,11H,1-2H3,(H2,27,32)(H,30,33). The summed E-state index contributed by atoms with van der Waals surface area (Å²) >= 11 is 0.632. The number of aromatic nitrogens is 3. The topological polar surface area (TPSA) is 103 Å². The zero-order valence-electron chi connectivity index (χ0n) is 17.8. The molecule has 176 valence electrons. The zero-order valence-corrected chi connectivity index (χ0v) is 18.6. The Morgan fingerprint density at radius 1 is 1.18 bits per heavy atom. The lowest BCUT2D eigenvalue weighted by Crippen LogP contribution is -2.26. The molecule has 1 unspecified atom stereocenters. The van der Waals surface area contributed by atoms with Gasteiger partial charge < -0.3 is 11.1 Å². The molecule has 0 aliphatic heterocycles. The quantitative estimate of drug-likeness (QED) is 0.387. The highest BCUT2D eigenvalue weighted by Gasteiger charge is 2.35. The largest absolute Gasteiger partial charge is 0.433 e. The number of carbonyl (C=O) groups is 2. The van der Waals surface area contributed by atoms with Crippen LogP contribution in [0.4, 0.5) is 23.2 Å². The molecular formula is C22H17F4N5O2S. The second-order valence-electron chi connectivity index (χ2n) is 7.49. The van der Waals surface area contributed by atoms with Crippen molar-refractivity contribution in [2.24, 2.45) is 5.73 Å². The summed E-state index contributed by atoms with van der Waals surface area (Å²) in [6.07, 6.45) is -3.27. The summed E-state index contributed by atoms with van der Waals surface area (Å²) in [6, 6.07) is 6.48. The lowest BCUT2D eigenvalue weighted by Gasteiger charge is -2.16. The Morgan fingerprint density at radius 3 is 2.41 bits per heavy atom. The number of primary amides is 1. The summed E-state index contributed by atoms with van der Waals surface area (Å²) in [6.45, 7) is 3.33. The molecule has 4 rings (SSSR count). The molecule has 0 fully saturated rings. The first-order valence-corrected chi connectivity index (χ1v) is 10.7. The average molecular weight is 491 g/mol. The number of thiophene rings is 1. The van der Waals surface area contributed by atoms with Crippen LogP contribution in [0.5, 0.6) is 0 Å². The van der Waals surface area contributed by atoms with E-state index >= 15 is 0 Å². The van der Waals surface area contributed by atoms with Crippen molar-refractivity contribution in [3.8, 4) is 11.1 Å². The Morgan fingerprint density at radius 2 is 1.85 bits per heavy atom. The number of pyridine rings is 1. The summed E-state index contributed by atoms with van der Waals surface area (Å²) < 4.78 is 55.6. The first-order valence-electron chi connectivity index (χ1n) is 9.89. The smallest absolute Gasteiger partial charge is 0.365 e. The van der Waals surface area contributed by atoms with E-state index in [1.165, 1.54) is 23.0 Å². The molecule has 3 heterocycles. The molecule has 0 spiro atoms. The molecular weight excluding hydrogens is 474 g/mol. The number of hydrogen-bond acceptors (Lipinski definition) is 5. The number of benzene rings is 1. The van der Waals surface area contributed by atoms with Crippen LogP contribution in [0, 0.1) is 12.7 Å². The van der Waals surface area contributed by atoms with Gasteiger partial charge in [-0.2, -0.15) is 18.3 Å². The number of nitrogens with zero attached hydrogens (tertiary/aromatic N) is 3. The van der Waals surface area contributed by atoms with Crippen molar-refractivity contribution >= 4 is 39.1 Å². The zero-order chi connectivity index (χ0) is 24.8. The van der Waals surface area contributed by atoms with Crippen molar-refractivity contribution in [2.45, 2.75) is 26.1 Å². The van der Waals surface area contributed by atoms with Gasteiger partial charge in [-0.05, 0) is 49.2 Å². The Balaban J connectivity index is 1.94. The summed E-state index contributed by atoms with van der Waals surface area (Å²) in [5.41, 5.74) is 5.18. The van der Waals surface area contributed by atoms with Crippen LogP contribution >= 0.6 is 11.3 Å². The minimum absolute atomic E-state index is 0.0132. The maximum Gasteiger partial charge on any atom is 0.433 e. The number of fused-ring (bicyclic) bond motifs is 1. The number of carbonyl (C=O) groups excluding carboxylic acids is 2. The number of amides is 2. The van der Waals surface area contributed by atoms with Crippen LogP contribution in [0.25, 0.3) is 21.3 Å². The van der Waals surface area contributed by atoms with Crippen LogP contribution in [0.1, 0.15) is 34.0 Å². The third kappa shape index (κ3) is 4.23. The molecule has 0 saturated heterocycles. The molecule has 0 aliphatic rings. The van der Waals surface area contributed by atoms with E-state index in [1.54, 1.807) is 19.9 Å². The van der Waals surface area contributed by atoms with Crippen molar-refractivity contribution in [3.05, 3.63) is 64.7 Å². The number of nitrogens with one attached hydrogen (secondary N) is 1. The van der Waals surface area contributed by atoms with Gasteiger partial charge in [0.25, 0.3) is 5.91 Å². The summed E-state index contributed by atoms with van der Waals surface area (Å²) in [5, 5.41) is 6.81. The highest BCUT2D eigenvalue weighted by Crippen LogP contribution is 2.43. The number of nitrogens with two attached hydrogens (primary N) is 1. The van der Waals surface area contributed by atoms with Crippen LogP contribution in [0.2, 0.25) is 0 Å². The first kappa shape index (κ1) is 23.4. The second-order valence-corrected chi connectivity index (χ2v) is 8.49. The van der Waals surface area contributed by atoms with Crippen LogP contribution in [0.3, 0.4) is 0 Å². The molecule has 0 radical (unpaired) electrons. The fourth-order valence-electron chi connectivity index (χ4n) is 3.52. The molecule has 0 aliphatic carbocycles. The van der Waals surface area contributed by atoms with Crippen LogP contribution in [-0.2, 0) is 11.0 Å². The van der Waals surface area contributed by atoms with Gasteiger partial charge in [0.15, 0.2) is 0 Å². The van der Waals surface area contributed by atoms with Crippen molar-refractivity contribution in [1.82, 2.24) is 14.8 Å². The lowest BCUT2D eigenvalue weighted by molar-refractivity contribution is -0.140. The highest BCUT2D eigenvalue weighted by molar-refractivity contribution is 7.21. The Hall–Kier alpha value is -3.80. The maximum absolute atomic E-state index is 13.6. The molecule has 0 bridgehead atoms. The Kier molecular flexibility index (Phi) is 5.86. The molecule has 4 aromatic rings. The van der Waals surface area contributed by atoms with E-state index in [9.17, 15) is 27.2 Å². The van der Waals surface area contributed by atoms with Gasteiger partial charge in [-0.3, -0.25) is 14.3 Å². The van der Waals surface area contributed by atoms with E-state index in [2.05, 4.69) is 15.4 Å². The molecule has 2 amide bonds. The van der Waals surface area contributed by atoms with Crippen LogP contribution < -0.4 is 11.1 Å². The normalized spacial score (nSPS) is 12.6. The monoisotopic (exact) mass is 491 g/mol. The van der Waals surface area contributed by atoms with E-state index in [4.69, 9.17) is 5.73 Å². The number of rotatable bonds is 5. The lowest BCUT2D eigenvalue weighted by atomic mass is 10.0.